The van der Waals surface area contributed by atoms with E-state index in [2.05, 4.69) is 243 Å². The summed E-state index contributed by atoms with van der Waals surface area (Å²) in [5, 5.41) is 22.0. The van der Waals surface area contributed by atoms with Crippen molar-refractivity contribution in [2.24, 2.45) is 0 Å². The number of furan rings is 1. The van der Waals surface area contributed by atoms with E-state index >= 15 is 0 Å². The van der Waals surface area contributed by atoms with Crippen molar-refractivity contribution in [1.82, 2.24) is 0 Å². The smallest absolute Gasteiger partial charge is 0.137 e. The minimum atomic E-state index is -0.180. The van der Waals surface area contributed by atoms with Gasteiger partial charge < -0.3 is 9.32 Å². The summed E-state index contributed by atoms with van der Waals surface area (Å²) in [4.78, 5) is 2.48. The summed E-state index contributed by atoms with van der Waals surface area (Å²) in [5.41, 5.74) is 10.1. The van der Waals surface area contributed by atoms with Crippen LogP contribution in [-0.2, 0) is 5.41 Å². The van der Waals surface area contributed by atoms with Gasteiger partial charge in [0.25, 0.3) is 0 Å². The van der Waals surface area contributed by atoms with Crippen molar-refractivity contribution in [3.8, 4) is 11.1 Å². The number of hydrogen-bond donors (Lipinski definition) is 0. The summed E-state index contributed by atoms with van der Waals surface area (Å²) < 4.78 is 6.61. The maximum Gasteiger partial charge on any atom is 0.137 e. The Morgan fingerprint density at radius 3 is 1.61 bits per heavy atom. The van der Waals surface area contributed by atoms with Crippen molar-refractivity contribution in [1.29, 1.82) is 0 Å². The molecule has 0 spiro atoms. The van der Waals surface area contributed by atoms with Crippen molar-refractivity contribution in [3.05, 3.63) is 236 Å². The van der Waals surface area contributed by atoms with Crippen LogP contribution in [0.3, 0.4) is 0 Å². The Hall–Kier alpha value is -8.72. The van der Waals surface area contributed by atoms with Gasteiger partial charge >= 0.3 is 0 Å². The van der Waals surface area contributed by atoms with E-state index in [-0.39, 0.29) is 5.41 Å². The Kier molecular flexibility index (Phi) is 7.87. The molecule has 15 rings (SSSR count). The highest BCUT2D eigenvalue weighted by atomic mass is 16.3. The van der Waals surface area contributed by atoms with Gasteiger partial charge in [-0.15, -0.1) is 0 Å². The van der Waals surface area contributed by atoms with Crippen LogP contribution >= 0.6 is 0 Å². The SMILES string of the molecule is CC1(C)c2ccccc2-c2ccc(N(c3ccc4c(c3)c3ccccc3c3ccccc3c3ccccc3c3c4cc4ccc5cccc6ccc3c4c56)c3cccc4oc5ccccc5c34)cc21. The number of hydrogen-bond acceptors (Lipinski definition) is 2. The fraction of sp³-hybridized carbons (Fsp3) is 0.0448. The first-order valence-electron chi connectivity index (χ1n) is 24.1. The number of rotatable bonds is 3. The van der Waals surface area contributed by atoms with Crippen LogP contribution in [0, 0.1) is 0 Å². The molecule has 1 aromatic heterocycles. The molecule has 14 aromatic rings. The topological polar surface area (TPSA) is 16.4 Å². The highest BCUT2D eigenvalue weighted by Crippen LogP contribution is 2.52. The standard InChI is InChI=1S/C67H43NO/c1-67(2)58-25-11-9-22-51(58)52-36-33-44(39-59(52)67)68(60-26-14-28-62-66(60)54-24-10-12-27-61(54)69-62)43-32-35-50-56(38-43)49-21-6-5-19-47(49)45-17-3-4-18-46(45)48-20-7-8-23-53(48)65-55-34-31-41-16-13-15-40-29-30-42(37-57(50)65)64(55)63(40)41/h3-39H,1-2H3. The van der Waals surface area contributed by atoms with Gasteiger partial charge in [0.15, 0.2) is 0 Å². The quantitative estimate of drug-likeness (QED) is 0.164. The highest BCUT2D eigenvalue weighted by molar-refractivity contribution is 6.37. The van der Waals surface area contributed by atoms with E-state index in [1.54, 1.807) is 0 Å². The summed E-state index contributed by atoms with van der Waals surface area (Å²) in [6.07, 6.45) is 0. The molecule has 0 saturated carbocycles. The molecule has 2 nitrogen and oxygen atoms in total. The van der Waals surface area contributed by atoms with Gasteiger partial charge in [0, 0.05) is 22.2 Å². The minimum absolute atomic E-state index is 0.180. The Balaban J connectivity index is 1.14. The zero-order valence-electron chi connectivity index (χ0n) is 38.2. The highest BCUT2D eigenvalue weighted by Gasteiger charge is 2.36. The molecule has 0 bridgehead atoms. The normalized spacial score (nSPS) is 13.2. The van der Waals surface area contributed by atoms with Crippen LogP contribution in [0.5, 0.6) is 0 Å². The van der Waals surface area contributed by atoms with E-state index in [1.807, 2.05) is 0 Å². The number of para-hydroxylation sites is 1. The average molecular weight is 878 g/mol. The van der Waals surface area contributed by atoms with Gasteiger partial charge in [0.1, 0.15) is 11.2 Å². The van der Waals surface area contributed by atoms with Crippen LogP contribution in [0.2, 0.25) is 0 Å². The molecular weight excluding hydrogens is 835 g/mol. The molecular formula is C67H43NO. The van der Waals surface area contributed by atoms with Gasteiger partial charge in [-0.25, -0.2) is 0 Å². The lowest BCUT2D eigenvalue weighted by Crippen LogP contribution is -2.16. The Bertz CT molecular complexity index is 4580. The second kappa shape index (κ2) is 14.2. The number of benzene rings is 12. The molecule has 0 N–H and O–H groups in total. The summed E-state index contributed by atoms with van der Waals surface area (Å²) >= 11 is 0. The molecule has 13 aromatic carbocycles. The lowest BCUT2D eigenvalue weighted by atomic mass is 9.82. The van der Waals surface area contributed by atoms with Gasteiger partial charge in [0.05, 0.1) is 11.1 Å². The van der Waals surface area contributed by atoms with Gasteiger partial charge in [-0.3, -0.25) is 0 Å². The Morgan fingerprint density at radius 1 is 0.304 bits per heavy atom. The average Bonchev–Trinajstić information content (AvgIpc) is 3.89. The van der Waals surface area contributed by atoms with Crippen LogP contribution in [0.4, 0.5) is 17.1 Å². The van der Waals surface area contributed by atoms with Crippen LogP contribution < -0.4 is 4.90 Å². The third-order valence-electron chi connectivity index (χ3n) is 15.6. The predicted octanol–water partition coefficient (Wildman–Crippen LogP) is 19.1. The molecule has 1 heterocycles. The molecule has 69 heavy (non-hydrogen) atoms. The van der Waals surface area contributed by atoms with E-state index in [1.165, 1.54) is 108 Å². The van der Waals surface area contributed by atoms with Crippen molar-refractivity contribution < 1.29 is 4.42 Å². The van der Waals surface area contributed by atoms with Gasteiger partial charge in [0.2, 0.25) is 0 Å². The lowest BCUT2D eigenvalue weighted by Gasteiger charge is -2.29. The molecule has 0 aliphatic heterocycles. The lowest BCUT2D eigenvalue weighted by molar-refractivity contribution is 0.660. The molecule has 0 saturated heterocycles. The number of fused-ring (bicyclic) bond motifs is 17. The molecule has 2 heteroatoms. The molecule has 0 radical (unpaired) electrons. The Labute approximate surface area is 398 Å². The van der Waals surface area contributed by atoms with E-state index in [4.69, 9.17) is 4.42 Å². The molecule has 0 fully saturated rings. The monoisotopic (exact) mass is 877 g/mol. The Morgan fingerprint density at radius 2 is 0.841 bits per heavy atom. The fourth-order valence-electron chi connectivity index (χ4n) is 12.5. The van der Waals surface area contributed by atoms with Crippen LogP contribution in [0.15, 0.2) is 229 Å². The summed E-state index contributed by atoms with van der Waals surface area (Å²) in [6.45, 7) is 4.74. The molecule has 0 amide bonds. The minimum Gasteiger partial charge on any atom is -0.456 e. The fourth-order valence-corrected chi connectivity index (χ4v) is 12.5. The van der Waals surface area contributed by atoms with Gasteiger partial charge in [-0.2, -0.15) is 0 Å². The maximum absolute atomic E-state index is 6.61. The van der Waals surface area contributed by atoms with Gasteiger partial charge in [-0.05, 0) is 157 Å². The largest absolute Gasteiger partial charge is 0.456 e. The zero-order chi connectivity index (χ0) is 45.5. The van der Waals surface area contributed by atoms with Gasteiger partial charge in [-0.1, -0.05) is 190 Å². The molecule has 1 aliphatic rings. The third-order valence-corrected chi connectivity index (χ3v) is 15.6. The van der Waals surface area contributed by atoms with E-state index in [9.17, 15) is 0 Å². The van der Waals surface area contributed by atoms with Crippen molar-refractivity contribution >= 4 is 125 Å². The first kappa shape index (κ1) is 38.4. The van der Waals surface area contributed by atoms with E-state index in [0.29, 0.717) is 0 Å². The number of anilines is 3. The molecule has 0 atom stereocenters. The summed E-state index contributed by atoms with van der Waals surface area (Å²) in [7, 11) is 0. The molecule has 322 valence electrons. The second-order valence-electron chi connectivity index (χ2n) is 19.5. The van der Waals surface area contributed by atoms with E-state index in [0.717, 1.165) is 39.0 Å². The zero-order valence-corrected chi connectivity index (χ0v) is 38.2. The first-order valence-corrected chi connectivity index (χ1v) is 24.1. The third kappa shape index (κ3) is 5.37. The van der Waals surface area contributed by atoms with Crippen LogP contribution in [0.25, 0.3) is 119 Å². The number of nitrogens with zero attached hydrogens (tertiary/aromatic N) is 1. The van der Waals surface area contributed by atoms with Crippen molar-refractivity contribution in [2.45, 2.75) is 19.3 Å². The maximum atomic E-state index is 6.61. The summed E-state index contributed by atoms with van der Waals surface area (Å²) in [6, 6.07) is 83.8. The second-order valence-corrected chi connectivity index (χ2v) is 19.5. The van der Waals surface area contributed by atoms with E-state index < -0.39 is 0 Å². The van der Waals surface area contributed by atoms with Crippen molar-refractivity contribution in [2.75, 3.05) is 4.90 Å². The van der Waals surface area contributed by atoms with Crippen LogP contribution in [0.1, 0.15) is 25.0 Å². The van der Waals surface area contributed by atoms with Crippen molar-refractivity contribution in [3.63, 3.8) is 0 Å². The first-order chi connectivity index (χ1) is 34.0. The predicted molar refractivity (Wildman–Crippen MR) is 295 cm³/mol. The molecule has 0 unspecified atom stereocenters. The van der Waals surface area contributed by atoms with Crippen LogP contribution in [-0.4, -0.2) is 0 Å². The summed E-state index contributed by atoms with van der Waals surface area (Å²) in [5.74, 6) is 0. The molecule has 1 aliphatic carbocycles.